The van der Waals surface area contributed by atoms with Gasteiger partial charge in [-0.2, -0.15) is 0 Å². The number of aromatic hydroxyl groups is 1. The van der Waals surface area contributed by atoms with Crippen LogP contribution in [0.4, 0.5) is 0 Å². The summed E-state index contributed by atoms with van der Waals surface area (Å²) in [6, 6.07) is 3.31. The zero-order valence-corrected chi connectivity index (χ0v) is 28.9. The standard InChI is InChI=1S/C39H56O6/c1-9-10-27-21-29(42-8)22-31(40)34(27)35(41)43-28-15-18-37(7)33-16-17-36(6)30(26(5)12-11-25(4)24(2)3)13-14-32(36)39(33)20-19-38(37,23-28)44-45-39/h11-12,19-22,24-26,28,30,32-33,40H,9-10,13-18,23H2,1-8H3. The smallest absolute Gasteiger partial charge is 0.342 e. The molecule has 248 valence electrons. The van der Waals surface area contributed by atoms with Gasteiger partial charge in [0.05, 0.1) is 7.11 Å². The summed E-state index contributed by atoms with van der Waals surface area (Å²) < 4.78 is 11.5. The van der Waals surface area contributed by atoms with Crippen LogP contribution in [0.25, 0.3) is 0 Å². The van der Waals surface area contributed by atoms with Gasteiger partial charge < -0.3 is 14.6 Å². The first-order chi connectivity index (χ1) is 21.3. The van der Waals surface area contributed by atoms with E-state index in [0.717, 1.165) is 37.7 Å². The van der Waals surface area contributed by atoms with Crippen molar-refractivity contribution in [2.75, 3.05) is 7.11 Å². The second-order valence-electron chi connectivity index (χ2n) is 16.0. The monoisotopic (exact) mass is 620 g/mol. The maximum Gasteiger partial charge on any atom is 0.342 e. The molecule has 2 aliphatic heterocycles. The Kier molecular flexibility index (Phi) is 8.51. The number of ether oxygens (including phenoxy) is 2. The molecule has 6 aliphatic rings. The molecule has 2 bridgehead atoms. The third-order valence-corrected chi connectivity index (χ3v) is 13.5. The van der Waals surface area contributed by atoms with E-state index in [1.54, 1.807) is 7.11 Å². The predicted octanol–water partition coefficient (Wildman–Crippen LogP) is 9.01. The van der Waals surface area contributed by atoms with Gasteiger partial charge in [-0.3, -0.25) is 0 Å². The number of carbonyl (C=O) groups excluding carboxylic acids is 1. The lowest BCUT2D eigenvalue weighted by Gasteiger charge is -2.69. The highest BCUT2D eigenvalue weighted by molar-refractivity contribution is 5.94. The number of phenols is 1. The molecule has 1 N–H and O–H groups in total. The molecular formula is C39H56O6. The van der Waals surface area contributed by atoms with Crippen molar-refractivity contribution in [2.24, 2.45) is 46.3 Å². The van der Waals surface area contributed by atoms with Gasteiger partial charge in [0.25, 0.3) is 0 Å². The average molecular weight is 621 g/mol. The minimum atomic E-state index is -0.633. The van der Waals surface area contributed by atoms with Gasteiger partial charge >= 0.3 is 5.97 Å². The van der Waals surface area contributed by atoms with Gasteiger partial charge in [-0.25, -0.2) is 14.6 Å². The fourth-order valence-electron chi connectivity index (χ4n) is 10.5. The molecule has 2 heterocycles. The highest BCUT2D eigenvalue weighted by atomic mass is 17.2. The van der Waals surface area contributed by atoms with E-state index in [0.29, 0.717) is 54.1 Å². The van der Waals surface area contributed by atoms with E-state index in [1.807, 2.05) is 13.0 Å². The van der Waals surface area contributed by atoms with Gasteiger partial charge in [0.1, 0.15) is 34.4 Å². The minimum Gasteiger partial charge on any atom is -0.507 e. The summed E-state index contributed by atoms with van der Waals surface area (Å²) in [5.74, 6) is 3.16. The number of phenolic OH excluding ortho intramolecular Hbond substituents is 1. The Morgan fingerprint density at radius 1 is 1.02 bits per heavy atom. The van der Waals surface area contributed by atoms with E-state index in [4.69, 9.17) is 19.2 Å². The zero-order valence-electron chi connectivity index (χ0n) is 28.9. The van der Waals surface area contributed by atoms with Crippen LogP contribution in [-0.4, -0.2) is 35.5 Å². The highest BCUT2D eigenvalue weighted by Gasteiger charge is 2.74. The van der Waals surface area contributed by atoms with Crippen LogP contribution in [0.5, 0.6) is 11.5 Å². The highest BCUT2D eigenvalue weighted by Crippen LogP contribution is 2.73. The Morgan fingerprint density at radius 2 is 1.80 bits per heavy atom. The van der Waals surface area contributed by atoms with E-state index >= 15 is 0 Å². The van der Waals surface area contributed by atoms with Gasteiger partial charge in [0, 0.05) is 29.7 Å². The summed E-state index contributed by atoms with van der Waals surface area (Å²) in [7, 11) is 1.56. The van der Waals surface area contributed by atoms with Gasteiger partial charge in [-0.1, -0.05) is 73.1 Å². The number of methoxy groups -OCH3 is 1. The number of esters is 1. The minimum absolute atomic E-state index is 0.0967. The average Bonchev–Trinajstić information content (AvgIpc) is 3.37. The third kappa shape index (κ3) is 4.99. The summed E-state index contributed by atoms with van der Waals surface area (Å²) in [5.41, 5.74) is 0.0541. The largest absolute Gasteiger partial charge is 0.507 e. The lowest BCUT2D eigenvalue weighted by molar-refractivity contribution is -0.497. The Hall–Kier alpha value is -2.31. The van der Waals surface area contributed by atoms with Gasteiger partial charge in [-0.15, -0.1) is 0 Å². The molecule has 2 spiro atoms. The van der Waals surface area contributed by atoms with Gasteiger partial charge in [-0.05, 0) is 91.7 Å². The van der Waals surface area contributed by atoms with E-state index in [9.17, 15) is 9.90 Å². The molecule has 4 fully saturated rings. The molecular weight excluding hydrogens is 564 g/mol. The van der Waals surface area contributed by atoms with Crippen LogP contribution >= 0.6 is 0 Å². The van der Waals surface area contributed by atoms with Crippen LogP contribution in [0.1, 0.15) is 116 Å². The number of carbonyl (C=O) groups is 1. The molecule has 1 aromatic carbocycles. The molecule has 0 radical (unpaired) electrons. The zero-order chi connectivity index (χ0) is 32.4. The number of fused-ring (bicyclic) bond motifs is 2. The van der Waals surface area contributed by atoms with E-state index < -0.39 is 17.2 Å². The molecule has 0 aromatic heterocycles. The van der Waals surface area contributed by atoms with Crippen molar-refractivity contribution in [1.82, 2.24) is 0 Å². The van der Waals surface area contributed by atoms with Crippen molar-refractivity contribution >= 4 is 5.97 Å². The van der Waals surface area contributed by atoms with Crippen LogP contribution in [0.15, 0.2) is 36.4 Å². The molecule has 10 atom stereocenters. The van der Waals surface area contributed by atoms with Gasteiger partial charge in [0.15, 0.2) is 0 Å². The summed E-state index contributed by atoms with van der Waals surface area (Å²) in [5, 5.41) is 10.8. The lowest BCUT2D eigenvalue weighted by Crippen LogP contribution is -2.73. The summed E-state index contributed by atoms with van der Waals surface area (Å²) in [6.45, 7) is 16.3. The van der Waals surface area contributed by atoms with Crippen molar-refractivity contribution in [2.45, 2.75) is 124 Å². The number of aryl methyl sites for hydroxylation is 1. The molecule has 1 saturated heterocycles. The molecule has 6 heteroatoms. The fourth-order valence-corrected chi connectivity index (χ4v) is 10.5. The quantitative estimate of drug-likeness (QED) is 0.169. The van der Waals surface area contributed by atoms with Gasteiger partial charge in [0.2, 0.25) is 0 Å². The number of hydrogen-bond acceptors (Lipinski definition) is 6. The number of allylic oxidation sites excluding steroid dienone is 2. The van der Waals surface area contributed by atoms with Crippen molar-refractivity contribution in [3.8, 4) is 11.5 Å². The second kappa shape index (κ2) is 11.7. The SMILES string of the molecule is CCCc1cc(OC)cc(O)c1C(=O)OC1CCC2(C)C3CCC4(C)C(C(C)C=CC(C)C(C)C)CCC4C34C=CC2(C1)OO4. The normalized spacial score (nSPS) is 39.8. The molecule has 3 saturated carbocycles. The van der Waals surface area contributed by atoms with E-state index in [1.165, 1.54) is 18.9 Å². The maximum atomic E-state index is 13.5. The first-order valence-corrected chi connectivity index (χ1v) is 17.7. The molecule has 6 nitrogen and oxygen atoms in total. The van der Waals surface area contributed by atoms with Crippen molar-refractivity contribution in [1.29, 1.82) is 0 Å². The number of benzene rings is 1. The third-order valence-electron chi connectivity index (χ3n) is 13.5. The van der Waals surface area contributed by atoms with Crippen LogP contribution in [-0.2, 0) is 20.9 Å². The summed E-state index contributed by atoms with van der Waals surface area (Å²) in [6.07, 6.45) is 17.7. The van der Waals surface area contributed by atoms with Crippen LogP contribution in [0, 0.1) is 46.3 Å². The predicted molar refractivity (Wildman–Crippen MR) is 176 cm³/mol. The Labute approximate surface area is 270 Å². The molecule has 4 aliphatic carbocycles. The van der Waals surface area contributed by atoms with Crippen LogP contribution in [0.2, 0.25) is 0 Å². The molecule has 0 amide bonds. The first kappa shape index (κ1) is 32.6. The molecule has 10 unspecified atom stereocenters. The second-order valence-corrected chi connectivity index (χ2v) is 16.0. The van der Waals surface area contributed by atoms with Crippen LogP contribution < -0.4 is 4.74 Å². The topological polar surface area (TPSA) is 74.2 Å². The maximum absolute atomic E-state index is 13.5. The lowest BCUT2D eigenvalue weighted by atomic mass is 9.42. The Balaban J connectivity index is 1.22. The molecule has 45 heavy (non-hydrogen) atoms. The first-order valence-electron chi connectivity index (χ1n) is 17.7. The van der Waals surface area contributed by atoms with Crippen molar-refractivity contribution < 1.29 is 29.1 Å². The van der Waals surface area contributed by atoms with Crippen molar-refractivity contribution in [3.63, 3.8) is 0 Å². The molecule has 7 rings (SSSR count). The van der Waals surface area contributed by atoms with Crippen LogP contribution in [0.3, 0.4) is 0 Å². The number of rotatable bonds is 9. The van der Waals surface area contributed by atoms with E-state index in [-0.39, 0.29) is 28.2 Å². The Bertz CT molecular complexity index is 1350. The summed E-state index contributed by atoms with van der Waals surface area (Å²) in [4.78, 5) is 26.8. The molecule has 1 aromatic rings. The number of hydrogen-bond donors (Lipinski definition) is 1. The van der Waals surface area contributed by atoms with Crippen molar-refractivity contribution in [3.05, 3.63) is 47.6 Å². The summed E-state index contributed by atoms with van der Waals surface area (Å²) >= 11 is 0. The fraction of sp³-hybridized carbons (Fsp3) is 0.718. The Morgan fingerprint density at radius 3 is 2.47 bits per heavy atom. The van der Waals surface area contributed by atoms with E-state index in [2.05, 4.69) is 65.8 Å².